The monoisotopic (exact) mass is 442 g/mol. The van der Waals surface area contributed by atoms with Crippen LogP contribution in [0.1, 0.15) is 29.7 Å². The standard InChI is InChI=1S/C26H26N4OS/c1-3-30-25(22-17-11-10-12-19(22)2)28-29-26(30)32-18-23(31)27-24(20-13-6-4-7-14-20)21-15-8-5-9-16-21/h4-17,24H,3,18H2,1-2H3,(H,27,31). The summed E-state index contributed by atoms with van der Waals surface area (Å²) in [6.07, 6.45) is 0. The molecule has 0 spiro atoms. The van der Waals surface area contributed by atoms with Gasteiger partial charge in [0.2, 0.25) is 5.91 Å². The maximum atomic E-state index is 12.9. The third-order valence-corrected chi connectivity index (χ3v) is 6.29. The highest BCUT2D eigenvalue weighted by molar-refractivity contribution is 7.99. The summed E-state index contributed by atoms with van der Waals surface area (Å²) in [6.45, 7) is 4.87. The molecule has 0 saturated heterocycles. The Labute approximate surface area is 192 Å². The molecule has 0 aliphatic rings. The molecule has 1 N–H and O–H groups in total. The van der Waals surface area contributed by atoms with Crippen LogP contribution in [0.5, 0.6) is 0 Å². The molecule has 0 unspecified atom stereocenters. The van der Waals surface area contributed by atoms with Gasteiger partial charge < -0.3 is 9.88 Å². The zero-order chi connectivity index (χ0) is 22.3. The molecule has 4 aromatic rings. The predicted molar refractivity (Wildman–Crippen MR) is 129 cm³/mol. The molecular formula is C26H26N4OS. The third kappa shape index (κ3) is 4.92. The van der Waals surface area contributed by atoms with Crippen LogP contribution in [-0.4, -0.2) is 26.4 Å². The van der Waals surface area contributed by atoms with Crippen molar-refractivity contribution >= 4 is 17.7 Å². The lowest BCUT2D eigenvalue weighted by molar-refractivity contribution is -0.119. The number of hydrogen-bond donors (Lipinski definition) is 1. The Kier molecular flexibility index (Phi) is 7.02. The smallest absolute Gasteiger partial charge is 0.231 e. The van der Waals surface area contributed by atoms with Crippen LogP contribution in [0.25, 0.3) is 11.4 Å². The van der Waals surface area contributed by atoms with Gasteiger partial charge in [-0.1, -0.05) is 96.7 Å². The molecule has 0 saturated carbocycles. The molecule has 3 aromatic carbocycles. The molecule has 1 aromatic heterocycles. The van der Waals surface area contributed by atoms with Gasteiger partial charge in [-0.15, -0.1) is 10.2 Å². The highest BCUT2D eigenvalue weighted by atomic mass is 32.2. The van der Waals surface area contributed by atoms with E-state index in [4.69, 9.17) is 0 Å². The Hall–Kier alpha value is -3.38. The molecule has 5 nitrogen and oxygen atoms in total. The van der Waals surface area contributed by atoms with Crippen molar-refractivity contribution in [2.75, 3.05) is 5.75 Å². The Bertz CT molecular complexity index is 1140. The van der Waals surface area contributed by atoms with Gasteiger partial charge in [0.1, 0.15) is 0 Å². The van der Waals surface area contributed by atoms with E-state index in [-0.39, 0.29) is 17.7 Å². The van der Waals surface area contributed by atoms with E-state index in [1.54, 1.807) is 0 Å². The first kappa shape index (κ1) is 21.8. The molecule has 0 aliphatic heterocycles. The van der Waals surface area contributed by atoms with Crippen molar-refractivity contribution in [3.05, 3.63) is 102 Å². The summed E-state index contributed by atoms with van der Waals surface area (Å²) < 4.78 is 2.06. The minimum Gasteiger partial charge on any atom is -0.344 e. The molecule has 0 radical (unpaired) electrons. The molecule has 4 rings (SSSR count). The Balaban J connectivity index is 1.49. The quantitative estimate of drug-likeness (QED) is 0.378. The second-order valence-electron chi connectivity index (χ2n) is 7.48. The number of benzene rings is 3. The highest BCUT2D eigenvalue weighted by Gasteiger charge is 2.19. The summed E-state index contributed by atoms with van der Waals surface area (Å²) in [7, 11) is 0. The van der Waals surface area contributed by atoms with Crippen LogP contribution in [0.3, 0.4) is 0 Å². The summed E-state index contributed by atoms with van der Waals surface area (Å²) in [5.41, 5.74) is 4.31. The molecule has 1 heterocycles. The molecule has 32 heavy (non-hydrogen) atoms. The van der Waals surface area contributed by atoms with Crippen LogP contribution < -0.4 is 5.32 Å². The number of aromatic nitrogens is 3. The number of carbonyl (C=O) groups is 1. The molecule has 0 bridgehead atoms. The van der Waals surface area contributed by atoms with Crippen LogP contribution in [0, 0.1) is 6.92 Å². The number of carbonyl (C=O) groups excluding carboxylic acids is 1. The Morgan fingerprint density at radius 1 is 0.906 bits per heavy atom. The van der Waals surface area contributed by atoms with E-state index in [0.717, 1.165) is 39.8 Å². The zero-order valence-corrected chi connectivity index (χ0v) is 19.0. The van der Waals surface area contributed by atoms with E-state index in [2.05, 4.69) is 46.1 Å². The molecule has 0 fully saturated rings. The van der Waals surface area contributed by atoms with Crippen molar-refractivity contribution in [1.82, 2.24) is 20.1 Å². The van der Waals surface area contributed by atoms with Crippen molar-refractivity contribution in [3.63, 3.8) is 0 Å². The van der Waals surface area contributed by atoms with Gasteiger partial charge in [0, 0.05) is 12.1 Å². The van der Waals surface area contributed by atoms with E-state index in [9.17, 15) is 4.79 Å². The number of nitrogens with zero attached hydrogens (tertiary/aromatic N) is 3. The first-order valence-electron chi connectivity index (χ1n) is 10.7. The number of hydrogen-bond acceptors (Lipinski definition) is 4. The van der Waals surface area contributed by atoms with Gasteiger partial charge in [0.15, 0.2) is 11.0 Å². The average molecular weight is 443 g/mol. The number of rotatable bonds is 8. The second kappa shape index (κ2) is 10.3. The van der Waals surface area contributed by atoms with Crippen molar-refractivity contribution in [2.45, 2.75) is 31.6 Å². The second-order valence-corrected chi connectivity index (χ2v) is 8.42. The van der Waals surface area contributed by atoms with Gasteiger partial charge in [-0.25, -0.2) is 0 Å². The van der Waals surface area contributed by atoms with Crippen molar-refractivity contribution in [2.24, 2.45) is 0 Å². The lowest BCUT2D eigenvalue weighted by Crippen LogP contribution is -2.30. The van der Waals surface area contributed by atoms with E-state index < -0.39 is 0 Å². The van der Waals surface area contributed by atoms with Gasteiger partial charge in [-0.2, -0.15) is 0 Å². The third-order valence-electron chi connectivity index (χ3n) is 5.32. The van der Waals surface area contributed by atoms with Crippen molar-refractivity contribution < 1.29 is 4.79 Å². The van der Waals surface area contributed by atoms with Crippen LogP contribution in [0.2, 0.25) is 0 Å². The maximum Gasteiger partial charge on any atom is 0.231 e. The predicted octanol–water partition coefficient (Wildman–Crippen LogP) is 5.27. The summed E-state index contributed by atoms with van der Waals surface area (Å²) in [4.78, 5) is 12.9. The molecule has 1 amide bonds. The number of amides is 1. The normalized spacial score (nSPS) is 11.0. The van der Waals surface area contributed by atoms with Crippen molar-refractivity contribution in [1.29, 1.82) is 0 Å². The fourth-order valence-electron chi connectivity index (χ4n) is 3.69. The number of thioether (sulfide) groups is 1. The molecular weight excluding hydrogens is 416 g/mol. The van der Waals surface area contributed by atoms with Crippen LogP contribution in [0.4, 0.5) is 0 Å². The lowest BCUT2D eigenvalue weighted by Gasteiger charge is -2.20. The topological polar surface area (TPSA) is 59.8 Å². The van der Waals surface area contributed by atoms with Gasteiger partial charge >= 0.3 is 0 Å². The van der Waals surface area contributed by atoms with Gasteiger partial charge in [-0.3, -0.25) is 4.79 Å². The lowest BCUT2D eigenvalue weighted by atomic mass is 9.99. The Morgan fingerprint density at radius 2 is 1.50 bits per heavy atom. The van der Waals surface area contributed by atoms with Gasteiger partial charge in [0.25, 0.3) is 0 Å². The number of aryl methyl sites for hydroxylation is 1. The fourth-order valence-corrected chi connectivity index (χ4v) is 4.50. The molecule has 162 valence electrons. The van der Waals surface area contributed by atoms with Crippen LogP contribution in [-0.2, 0) is 11.3 Å². The zero-order valence-electron chi connectivity index (χ0n) is 18.2. The maximum absolute atomic E-state index is 12.9. The summed E-state index contributed by atoms with van der Waals surface area (Å²) in [5, 5.41) is 12.7. The SMILES string of the molecule is CCn1c(SCC(=O)NC(c2ccccc2)c2ccccc2)nnc1-c1ccccc1C. The Morgan fingerprint density at radius 3 is 2.09 bits per heavy atom. The first-order valence-corrected chi connectivity index (χ1v) is 11.7. The van der Waals surface area contributed by atoms with Crippen molar-refractivity contribution in [3.8, 4) is 11.4 Å². The largest absolute Gasteiger partial charge is 0.344 e. The number of nitrogens with one attached hydrogen (secondary N) is 1. The summed E-state index contributed by atoms with van der Waals surface area (Å²) in [5.74, 6) is 1.05. The van der Waals surface area contributed by atoms with Crippen LogP contribution in [0.15, 0.2) is 90.1 Å². The average Bonchev–Trinajstić information content (AvgIpc) is 3.25. The van der Waals surface area contributed by atoms with E-state index in [1.165, 1.54) is 11.8 Å². The molecule has 0 aliphatic carbocycles. The highest BCUT2D eigenvalue weighted by Crippen LogP contribution is 2.27. The minimum atomic E-state index is -0.197. The molecule has 0 atom stereocenters. The van der Waals surface area contributed by atoms with Gasteiger partial charge in [0.05, 0.1) is 11.8 Å². The van der Waals surface area contributed by atoms with E-state index in [1.807, 2.05) is 72.8 Å². The molecule has 6 heteroatoms. The first-order chi connectivity index (χ1) is 15.7. The van der Waals surface area contributed by atoms with Crippen LogP contribution >= 0.6 is 11.8 Å². The minimum absolute atomic E-state index is 0.0456. The fraction of sp³-hybridized carbons (Fsp3) is 0.192. The van der Waals surface area contributed by atoms with E-state index in [0.29, 0.717) is 0 Å². The summed E-state index contributed by atoms with van der Waals surface area (Å²) >= 11 is 1.41. The van der Waals surface area contributed by atoms with Gasteiger partial charge in [-0.05, 0) is 30.5 Å². The van der Waals surface area contributed by atoms with E-state index >= 15 is 0 Å². The summed E-state index contributed by atoms with van der Waals surface area (Å²) in [6, 6.07) is 28.0.